The lowest BCUT2D eigenvalue weighted by atomic mass is 9.73. The lowest BCUT2D eigenvalue weighted by Gasteiger charge is -2.32. The average molecular weight is 394 g/mol. The van der Waals surface area contributed by atoms with E-state index < -0.39 is 0 Å². The molecule has 0 radical (unpaired) electrons. The second kappa shape index (κ2) is 7.86. The third kappa shape index (κ3) is 4.06. The van der Waals surface area contributed by atoms with Crippen LogP contribution in [-0.2, 0) is 12.8 Å². The summed E-state index contributed by atoms with van der Waals surface area (Å²) in [4.78, 5) is 8.21. The smallest absolute Gasteiger partial charge is 0.112 e. The third-order valence-corrected chi connectivity index (χ3v) is 6.79. The maximum absolute atomic E-state index is 4.71. The number of aromatic amines is 2. The number of hydrogen-bond donors (Lipinski definition) is 2. The van der Waals surface area contributed by atoms with Crippen molar-refractivity contribution in [1.82, 2.24) is 20.1 Å². The first-order chi connectivity index (χ1) is 13.9. The van der Waals surface area contributed by atoms with E-state index in [2.05, 4.69) is 79.1 Å². The fraction of sp³-hybridized carbons (Fsp3) is 0.542. The largest absolute Gasteiger partial charge is 0.374 e. The minimum Gasteiger partial charge on any atom is -0.374 e. The van der Waals surface area contributed by atoms with Crippen molar-refractivity contribution in [3.63, 3.8) is 0 Å². The second-order valence-electron chi connectivity index (χ2n) is 9.40. The van der Waals surface area contributed by atoms with Crippen LogP contribution in [0, 0.1) is 5.41 Å². The summed E-state index contributed by atoms with van der Waals surface area (Å²) in [6.45, 7) is 6.87. The first kappa shape index (κ1) is 20.0. The molecular formula is C24H35N5. The molecule has 0 bridgehead atoms. The molecule has 1 unspecified atom stereocenters. The highest BCUT2D eigenvalue weighted by Gasteiger charge is 2.31. The first-order valence-electron chi connectivity index (χ1n) is 10.9. The molecule has 2 aromatic heterocycles. The topological polar surface area (TPSA) is 50.9 Å². The van der Waals surface area contributed by atoms with Gasteiger partial charge < -0.3 is 14.8 Å². The van der Waals surface area contributed by atoms with Crippen molar-refractivity contribution in [2.75, 3.05) is 39.1 Å². The first-order valence-corrected chi connectivity index (χ1v) is 10.9. The zero-order valence-corrected chi connectivity index (χ0v) is 18.6. The van der Waals surface area contributed by atoms with E-state index in [1.54, 1.807) is 0 Å². The molecule has 2 heterocycles. The van der Waals surface area contributed by atoms with Gasteiger partial charge in [-0.25, -0.2) is 0 Å². The summed E-state index contributed by atoms with van der Waals surface area (Å²) in [6, 6.07) is 8.96. The maximum Gasteiger partial charge on any atom is 0.112 e. The Bertz CT molecular complexity index is 982. The van der Waals surface area contributed by atoms with Gasteiger partial charge in [0, 0.05) is 41.4 Å². The summed E-state index contributed by atoms with van der Waals surface area (Å²) in [5.41, 5.74) is 7.82. The summed E-state index contributed by atoms with van der Waals surface area (Å²) < 4.78 is 0. The van der Waals surface area contributed by atoms with Crippen molar-refractivity contribution in [1.29, 1.82) is 0 Å². The van der Waals surface area contributed by atoms with Crippen LogP contribution in [0.3, 0.4) is 0 Å². The summed E-state index contributed by atoms with van der Waals surface area (Å²) in [5.74, 6) is 0. The van der Waals surface area contributed by atoms with Crippen molar-refractivity contribution >= 4 is 16.6 Å². The van der Waals surface area contributed by atoms with Crippen LogP contribution in [0.15, 0.2) is 24.3 Å². The van der Waals surface area contributed by atoms with E-state index in [-0.39, 0.29) is 0 Å². The summed E-state index contributed by atoms with van der Waals surface area (Å²) >= 11 is 0. The van der Waals surface area contributed by atoms with Gasteiger partial charge in [0.2, 0.25) is 0 Å². The fourth-order valence-corrected chi connectivity index (χ4v) is 4.52. The van der Waals surface area contributed by atoms with Gasteiger partial charge in [-0.05, 0) is 69.9 Å². The Morgan fingerprint density at radius 2 is 1.97 bits per heavy atom. The van der Waals surface area contributed by atoms with Gasteiger partial charge in [0.05, 0.1) is 5.69 Å². The SMILES string of the molecule is CCC1(C)CCc2c(-c3cc4ccc(N(C)CCCN(C)C)cc4[nH]3)n[nH]c2C1. The number of aromatic nitrogens is 3. The van der Waals surface area contributed by atoms with Crippen LogP contribution in [-0.4, -0.2) is 54.3 Å². The Morgan fingerprint density at radius 1 is 1.14 bits per heavy atom. The van der Waals surface area contributed by atoms with Crippen LogP contribution < -0.4 is 4.90 Å². The second-order valence-corrected chi connectivity index (χ2v) is 9.40. The number of H-pyrrole nitrogens is 2. The molecule has 0 spiro atoms. The molecule has 1 aliphatic carbocycles. The van der Waals surface area contributed by atoms with E-state index in [1.807, 2.05) is 0 Å². The van der Waals surface area contributed by atoms with Crippen molar-refractivity contribution in [2.45, 2.75) is 46.0 Å². The molecule has 0 amide bonds. The molecule has 1 atom stereocenters. The van der Waals surface area contributed by atoms with Crippen molar-refractivity contribution in [3.8, 4) is 11.4 Å². The molecular weight excluding hydrogens is 358 g/mol. The number of fused-ring (bicyclic) bond motifs is 2. The van der Waals surface area contributed by atoms with Gasteiger partial charge >= 0.3 is 0 Å². The van der Waals surface area contributed by atoms with Gasteiger partial charge in [0.15, 0.2) is 0 Å². The zero-order valence-electron chi connectivity index (χ0n) is 18.6. The quantitative estimate of drug-likeness (QED) is 0.603. The molecule has 2 N–H and O–H groups in total. The number of nitrogens with one attached hydrogen (secondary N) is 2. The molecule has 0 fully saturated rings. The van der Waals surface area contributed by atoms with Gasteiger partial charge in [0.25, 0.3) is 0 Å². The van der Waals surface area contributed by atoms with Crippen LogP contribution in [0.1, 0.15) is 44.4 Å². The highest BCUT2D eigenvalue weighted by Crippen LogP contribution is 2.40. The molecule has 1 aliphatic rings. The van der Waals surface area contributed by atoms with Gasteiger partial charge in [-0.15, -0.1) is 0 Å². The lowest BCUT2D eigenvalue weighted by molar-refractivity contribution is 0.265. The Balaban J connectivity index is 1.56. The lowest BCUT2D eigenvalue weighted by Crippen LogP contribution is -2.24. The van der Waals surface area contributed by atoms with Crippen LogP contribution >= 0.6 is 0 Å². The van der Waals surface area contributed by atoms with E-state index >= 15 is 0 Å². The minimum absolute atomic E-state index is 0.406. The van der Waals surface area contributed by atoms with E-state index in [1.165, 1.54) is 40.7 Å². The molecule has 5 nitrogen and oxygen atoms in total. The van der Waals surface area contributed by atoms with E-state index in [0.717, 1.165) is 43.7 Å². The zero-order chi connectivity index (χ0) is 20.6. The molecule has 1 aromatic carbocycles. The number of nitrogens with zero attached hydrogens (tertiary/aromatic N) is 3. The predicted molar refractivity (Wildman–Crippen MR) is 123 cm³/mol. The Kier molecular flexibility index (Phi) is 5.43. The number of benzene rings is 1. The Hall–Kier alpha value is -2.27. The molecule has 0 saturated heterocycles. The van der Waals surface area contributed by atoms with Gasteiger partial charge in [-0.3, -0.25) is 5.10 Å². The monoisotopic (exact) mass is 393 g/mol. The summed E-state index contributed by atoms with van der Waals surface area (Å²) in [7, 11) is 6.43. The van der Waals surface area contributed by atoms with Crippen LogP contribution in [0.5, 0.6) is 0 Å². The molecule has 5 heteroatoms. The molecule has 4 rings (SSSR count). The van der Waals surface area contributed by atoms with Crippen LogP contribution in [0.25, 0.3) is 22.3 Å². The Labute approximate surface area is 174 Å². The minimum atomic E-state index is 0.406. The molecule has 29 heavy (non-hydrogen) atoms. The van der Waals surface area contributed by atoms with Crippen molar-refractivity contribution in [2.24, 2.45) is 5.41 Å². The highest BCUT2D eigenvalue weighted by molar-refractivity contribution is 5.88. The van der Waals surface area contributed by atoms with E-state index in [0.29, 0.717) is 5.41 Å². The standard InChI is InChI=1S/C24H35N5/c1-6-24(2)11-10-19-22(16-24)26-27-23(19)21-14-17-8-9-18(15-20(17)25-21)29(5)13-7-12-28(3)4/h8-9,14-15,25H,6-7,10-13,16H2,1-5H3,(H,26,27). The van der Waals surface area contributed by atoms with Gasteiger partial charge in [0.1, 0.15) is 5.69 Å². The molecule has 3 aromatic rings. The molecule has 0 aliphatic heterocycles. The van der Waals surface area contributed by atoms with Crippen molar-refractivity contribution < 1.29 is 0 Å². The molecule has 156 valence electrons. The van der Waals surface area contributed by atoms with Gasteiger partial charge in [-0.2, -0.15) is 5.10 Å². The van der Waals surface area contributed by atoms with Crippen LogP contribution in [0.4, 0.5) is 5.69 Å². The van der Waals surface area contributed by atoms with E-state index in [4.69, 9.17) is 5.10 Å². The number of hydrogen-bond acceptors (Lipinski definition) is 3. The summed E-state index contributed by atoms with van der Waals surface area (Å²) in [6.07, 6.45) is 5.84. The predicted octanol–water partition coefficient (Wildman–Crippen LogP) is 4.85. The summed E-state index contributed by atoms with van der Waals surface area (Å²) in [5, 5.41) is 9.29. The Morgan fingerprint density at radius 3 is 2.72 bits per heavy atom. The highest BCUT2D eigenvalue weighted by atomic mass is 15.1. The normalized spacial score (nSPS) is 19.1. The molecule has 0 saturated carbocycles. The number of rotatable bonds is 7. The third-order valence-electron chi connectivity index (χ3n) is 6.79. The van der Waals surface area contributed by atoms with Gasteiger partial charge in [-0.1, -0.05) is 26.3 Å². The van der Waals surface area contributed by atoms with Crippen LogP contribution in [0.2, 0.25) is 0 Å². The number of anilines is 1. The van der Waals surface area contributed by atoms with Crippen molar-refractivity contribution in [3.05, 3.63) is 35.5 Å². The maximum atomic E-state index is 4.71. The fourth-order valence-electron chi connectivity index (χ4n) is 4.52. The average Bonchev–Trinajstić information content (AvgIpc) is 3.29. The van der Waals surface area contributed by atoms with E-state index in [9.17, 15) is 0 Å².